The summed E-state index contributed by atoms with van der Waals surface area (Å²) in [6.45, 7) is 3.42. The van der Waals surface area contributed by atoms with Crippen LogP contribution < -0.4 is 14.8 Å². The molecular weight excluding hydrogens is 368 g/mol. The van der Waals surface area contributed by atoms with E-state index in [0.29, 0.717) is 25.4 Å². The Morgan fingerprint density at radius 3 is 2.45 bits per heavy atom. The summed E-state index contributed by atoms with van der Waals surface area (Å²) in [5, 5.41) is 3.02. The van der Waals surface area contributed by atoms with E-state index in [2.05, 4.69) is 5.32 Å². The number of ether oxygens (including phenoxy) is 2. The normalized spacial score (nSPS) is 18.8. The number of methoxy groups -OCH3 is 1. The molecule has 29 heavy (non-hydrogen) atoms. The van der Waals surface area contributed by atoms with Crippen LogP contribution >= 0.6 is 0 Å². The smallest absolute Gasteiger partial charge is 0.260 e. The first-order valence-corrected chi connectivity index (χ1v) is 9.87. The molecule has 2 aromatic rings. The molecule has 3 rings (SSSR count). The maximum Gasteiger partial charge on any atom is 0.260 e. The molecule has 1 unspecified atom stereocenters. The van der Waals surface area contributed by atoms with Crippen LogP contribution in [-0.2, 0) is 16.1 Å². The lowest BCUT2D eigenvalue weighted by Crippen LogP contribution is -2.52. The van der Waals surface area contributed by atoms with E-state index >= 15 is 0 Å². The quantitative estimate of drug-likeness (QED) is 0.781. The first kappa shape index (κ1) is 20.7. The number of hydrogen-bond donors (Lipinski definition) is 1. The zero-order valence-electron chi connectivity index (χ0n) is 17.0. The number of benzene rings is 2. The summed E-state index contributed by atoms with van der Waals surface area (Å²) in [6.07, 6.45) is 1.56. The number of hydrogen-bond acceptors (Lipinski definition) is 4. The van der Waals surface area contributed by atoms with Gasteiger partial charge in [-0.2, -0.15) is 0 Å². The molecule has 0 spiro atoms. The van der Waals surface area contributed by atoms with E-state index < -0.39 is 5.41 Å². The van der Waals surface area contributed by atoms with E-state index in [-0.39, 0.29) is 18.4 Å². The van der Waals surface area contributed by atoms with Crippen LogP contribution in [0, 0.1) is 5.41 Å². The minimum Gasteiger partial charge on any atom is -0.497 e. The van der Waals surface area contributed by atoms with Crippen molar-refractivity contribution in [2.45, 2.75) is 26.3 Å². The van der Waals surface area contributed by atoms with Crippen LogP contribution in [0.25, 0.3) is 0 Å². The highest BCUT2D eigenvalue weighted by molar-refractivity contribution is 5.84. The molecule has 2 aromatic carbocycles. The zero-order chi connectivity index (χ0) is 20.7. The number of amides is 2. The Hall–Kier alpha value is -3.02. The van der Waals surface area contributed by atoms with E-state index in [1.54, 1.807) is 36.3 Å². The Kier molecular flexibility index (Phi) is 6.75. The third-order valence-electron chi connectivity index (χ3n) is 5.31. The molecule has 1 N–H and O–H groups in total. The maximum atomic E-state index is 12.8. The molecule has 154 valence electrons. The van der Waals surface area contributed by atoms with E-state index in [9.17, 15) is 9.59 Å². The second-order valence-electron chi connectivity index (χ2n) is 7.61. The average Bonchev–Trinajstić information content (AvgIpc) is 2.76. The second kappa shape index (κ2) is 9.45. The van der Waals surface area contributed by atoms with Crippen molar-refractivity contribution in [1.29, 1.82) is 0 Å². The number of rotatable bonds is 7. The first-order chi connectivity index (χ1) is 14.0. The molecule has 1 aliphatic rings. The van der Waals surface area contributed by atoms with E-state index in [1.807, 2.05) is 37.3 Å². The Labute approximate surface area is 171 Å². The highest BCUT2D eigenvalue weighted by Crippen LogP contribution is 2.30. The van der Waals surface area contributed by atoms with Crippen LogP contribution in [0.1, 0.15) is 25.3 Å². The van der Waals surface area contributed by atoms with Crippen LogP contribution in [-0.4, -0.2) is 43.5 Å². The van der Waals surface area contributed by atoms with E-state index in [1.165, 1.54) is 0 Å². The Morgan fingerprint density at radius 2 is 1.76 bits per heavy atom. The number of carbonyl (C=O) groups is 2. The monoisotopic (exact) mass is 396 g/mol. The number of carbonyl (C=O) groups excluding carboxylic acids is 2. The van der Waals surface area contributed by atoms with Crippen molar-refractivity contribution < 1.29 is 19.1 Å². The lowest BCUT2D eigenvalue weighted by molar-refractivity contribution is -0.142. The fourth-order valence-corrected chi connectivity index (χ4v) is 3.54. The summed E-state index contributed by atoms with van der Waals surface area (Å²) in [5.74, 6) is 1.22. The van der Waals surface area contributed by atoms with Gasteiger partial charge < -0.3 is 19.7 Å². The molecule has 1 heterocycles. The predicted octanol–water partition coefficient (Wildman–Crippen LogP) is 3.02. The van der Waals surface area contributed by atoms with Gasteiger partial charge in [-0.25, -0.2) is 0 Å². The van der Waals surface area contributed by atoms with Gasteiger partial charge in [-0.3, -0.25) is 9.59 Å². The molecule has 6 heteroatoms. The fraction of sp³-hybridized carbons (Fsp3) is 0.391. The second-order valence-corrected chi connectivity index (χ2v) is 7.61. The largest absolute Gasteiger partial charge is 0.497 e. The van der Waals surface area contributed by atoms with E-state index in [0.717, 1.165) is 24.2 Å². The Bertz CT molecular complexity index is 823. The van der Waals surface area contributed by atoms with E-state index in [4.69, 9.17) is 9.47 Å². The lowest BCUT2D eigenvalue weighted by Gasteiger charge is -2.39. The Balaban J connectivity index is 1.52. The van der Waals surface area contributed by atoms with Crippen molar-refractivity contribution in [3.05, 3.63) is 60.2 Å². The first-order valence-electron chi connectivity index (χ1n) is 9.87. The van der Waals surface area contributed by atoms with Gasteiger partial charge in [-0.1, -0.05) is 30.3 Å². The summed E-state index contributed by atoms with van der Waals surface area (Å²) >= 11 is 0. The summed E-state index contributed by atoms with van der Waals surface area (Å²) in [5.41, 5.74) is 0.462. The molecule has 0 bridgehead atoms. The molecule has 6 nitrogen and oxygen atoms in total. The minimum atomic E-state index is -0.594. The third kappa shape index (κ3) is 5.50. The number of likely N-dealkylation sites (tertiary alicyclic amines) is 1. The van der Waals surface area contributed by atoms with Crippen molar-refractivity contribution in [1.82, 2.24) is 10.2 Å². The number of nitrogens with one attached hydrogen (secondary N) is 1. The van der Waals surface area contributed by atoms with Crippen LogP contribution in [0.5, 0.6) is 11.5 Å². The van der Waals surface area contributed by atoms with Gasteiger partial charge in [0.1, 0.15) is 11.5 Å². The highest BCUT2D eigenvalue weighted by atomic mass is 16.5. The molecular formula is C23H28N2O4. The predicted molar refractivity (Wildman–Crippen MR) is 111 cm³/mol. The van der Waals surface area contributed by atoms with Gasteiger partial charge in [0.2, 0.25) is 5.91 Å². The molecule has 0 aromatic heterocycles. The average molecular weight is 396 g/mol. The SMILES string of the molecule is COc1ccc(OCC(=O)N2CCCC(C)(C(=O)NCc3ccccc3)C2)cc1. The zero-order valence-corrected chi connectivity index (χ0v) is 17.0. The van der Waals surface area contributed by atoms with Crippen molar-refractivity contribution in [3.63, 3.8) is 0 Å². The third-order valence-corrected chi connectivity index (χ3v) is 5.31. The van der Waals surface area contributed by atoms with Crippen LogP contribution in [0.3, 0.4) is 0 Å². The van der Waals surface area contributed by atoms with Gasteiger partial charge in [-0.15, -0.1) is 0 Å². The summed E-state index contributed by atoms with van der Waals surface area (Å²) < 4.78 is 10.7. The van der Waals surface area contributed by atoms with Gasteiger partial charge in [0, 0.05) is 19.6 Å². The summed E-state index contributed by atoms with van der Waals surface area (Å²) in [7, 11) is 1.60. The van der Waals surface area contributed by atoms with Crippen LogP contribution in [0.15, 0.2) is 54.6 Å². The molecule has 2 amide bonds. The molecule has 1 aliphatic heterocycles. The van der Waals surface area contributed by atoms with Crippen LogP contribution in [0.2, 0.25) is 0 Å². The summed E-state index contributed by atoms with van der Waals surface area (Å²) in [6, 6.07) is 16.9. The van der Waals surface area contributed by atoms with Crippen molar-refractivity contribution in [2.75, 3.05) is 26.8 Å². The standard InChI is InChI=1S/C23H28N2O4/c1-23(22(27)24-15-18-7-4-3-5-8-18)13-6-14-25(17-23)21(26)16-29-20-11-9-19(28-2)10-12-20/h3-5,7-12H,6,13-17H2,1-2H3,(H,24,27). The lowest BCUT2D eigenvalue weighted by atomic mass is 9.81. The molecule has 1 fully saturated rings. The molecule has 0 saturated carbocycles. The van der Waals surface area contributed by atoms with Gasteiger partial charge in [0.15, 0.2) is 6.61 Å². The summed E-state index contributed by atoms with van der Waals surface area (Å²) in [4.78, 5) is 27.2. The van der Waals surface area contributed by atoms with Crippen molar-refractivity contribution in [3.8, 4) is 11.5 Å². The molecule has 1 atom stereocenters. The van der Waals surface area contributed by atoms with Gasteiger partial charge in [0.05, 0.1) is 12.5 Å². The molecule has 0 aliphatic carbocycles. The Morgan fingerprint density at radius 1 is 1.07 bits per heavy atom. The maximum absolute atomic E-state index is 12.8. The minimum absolute atomic E-state index is 0.0186. The number of piperidine rings is 1. The molecule has 1 saturated heterocycles. The van der Waals surface area contributed by atoms with Gasteiger partial charge in [-0.05, 0) is 49.6 Å². The van der Waals surface area contributed by atoms with Crippen molar-refractivity contribution in [2.24, 2.45) is 5.41 Å². The molecule has 0 radical (unpaired) electrons. The topological polar surface area (TPSA) is 67.9 Å². The van der Waals surface area contributed by atoms with Crippen molar-refractivity contribution >= 4 is 11.8 Å². The van der Waals surface area contributed by atoms with Gasteiger partial charge in [0.25, 0.3) is 5.91 Å². The highest BCUT2D eigenvalue weighted by Gasteiger charge is 2.39. The van der Waals surface area contributed by atoms with Gasteiger partial charge >= 0.3 is 0 Å². The fourth-order valence-electron chi connectivity index (χ4n) is 3.54. The van der Waals surface area contributed by atoms with Crippen LogP contribution in [0.4, 0.5) is 0 Å². The number of nitrogens with zero attached hydrogens (tertiary/aromatic N) is 1.